The third-order valence-corrected chi connectivity index (χ3v) is 8.41. The van der Waals surface area contributed by atoms with E-state index < -0.39 is 7.60 Å². The Morgan fingerprint density at radius 1 is 0.742 bits per heavy atom. The summed E-state index contributed by atoms with van der Waals surface area (Å²) in [5, 5.41) is 0. The Hall–Kier alpha value is -0.150. The van der Waals surface area contributed by atoms with E-state index in [1.807, 2.05) is 28.1 Å². The van der Waals surface area contributed by atoms with Crippen molar-refractivity contribution in [3.63, 3.8) is 0 Å². The predicted molar refractivity (Wildman–Crippen MR) is 137 cm³/mol. The van der Waals surface area contributed by atoms with Gasteiger partial charge in [0.15, 0.2) is 5.78 Å². The largest absolute Gasteiger partial charge is 0.385 e. The SMILES string of the molecule is CCCC=CCCCCCCCCCCCCCCCOP(=O)(O)C(CC)[N+](C)(C)C. The molecule has 0 rings (SSSR count). The minimum Gasteiger partial charge on any atom is -0.320 e. The van der Waals surface area contributed by atoms with Crippen LogP contribution in [0.1, 0.15) is 123 Å². The number of rotatable bonds is 22. The average molecular weight is 461 g/mol. The van der Waals surface area contributed by atoms with Gasteiger partial charge < -0.3 is 13.9 Å². The maximum atomic E-state index is 12.5. The number of allylic oxidation sites excluding steroid dienone is 2. The number of hydrogen-bond acceptors (Lipinski definition) is 2. The van der Waals surface area contributed by atoms with Crippen LogP contribution in [0.3, 0.4) is 0 Å². The lowest BCUT2D eigenvalue weighted by Gasteiger charge is -2.35. The molecule has 1 N–H and O–H groups in total. The highest BCUT2D eigenvalue weighted by molar-refractivity contribution is 7.53. The first-order chi connectivity index (χ1) is 14.8. The maximum Gasteiger partial charge on any atom is 0.385 e. The summed E-state index contributed by atoms with van der Waals surface area (Å²) in [5.74, 6) is -0.347. The third kappa shape index (κ3) is 18.0. The predicted octanol–water partition coefficient (Wildman–Crippen LogP) is 8.45. The minimum atomic E-state index is -3.55. The number of nitrogens with zero attached hydrogens (tertiary/aromatic N) is 1. The first-order valence-electron chi connectivity index (χ1n) is 13.2. The molecule has 0 aromatic heterocycles. The highest BCUT2D eigenvalue weighted by Gasteiger charge is 2.41. The topological polar surface area (TPSA) is 46.5 Å². The van der Waals surface area contributed by atoms with Crippen molar-refractivity contribution in [3.8, 4) is 0 Å². The molecule has 0 fully saturated rings. The standard InChI is InChI=1S/C26H54NO3P/c1-6-8-9-10-11-12-13-14-15-16-17-18-19-20-21-22-23-24-25-30-31(28,29)26(7-2)27(3,4)5/h9-10,26H,6-8,11-25H2,1-5H3/p+1. The van der Waals surface area contributed by atoms with Crippen molar-refractivity contribution >= 4 is 7.60 Å². The van der Waals surface area contributed by atoms with Gasteiger partial charge in [-0.05, 0) is 25.7 Å². The molecule has 4 nitrogen and oxygen atoms in total. The Morgan fingerprint density at radius 2 is 1.16 bits per heavy atom. The van der Waals surface area contributed by atoms with Crippen LogP contribution in [0.25, 0.3) is 0 Å². The molecule has 31 heavy (non-hydrogen) atoms. The summed E-state index contributed by atoms with van der Waals surface area (Å²) in [7, 11) is 2.31. The molecule has 0 aliphatic rings. The van der Waals surface area contributed by atoms with Crippen LogP contribution < -0.4 is 0 Å². The van der Waals surface area contributed by atoms with E-state index in [1.165, 1.54) is 89.9 Å². The Kier molecular flexibility index (Phi) is 19.2. The molecule has 0 bridgehead atoms. The van der Waals surface area contributed by atoms with E-state index in [0.717, 1.165) is 12.8 Å². The summed E-state index contributed by atoms with van der Waals surface area (Å²) in [6.07, 6.45) is 25.9. The van der Waals surface area contributed by atoms with Crippen molar-refractivity contribution in [1.29, 1.82) is 0 Å². The van der Waals surface area contributed by atoms with Crippen molar-refractivity contribution in [2.45, 2.75) is 129 Å². The first kappa shape index (κ1) is 30.9. The van der Waals surface area contributed by atoms with Gasteiger partial charge in [0.25, 0.3) is 0 Å². The van der Waals surface area contributed by atoms with Gasteiger partial charge in [-0.25, -0.2) is 0 Å². The van der Waals surface area contributed by atoms with Gasteiger partial charge in [-0.1, -0.05) is 103 Å². The first-order valence-corrected chi connectivity index (χ1v) is 14.8. The molecular formula is C26H55NO3P+. The van der Waals surface area contributed by atoms with E-state index in [-0.39, 0.29) is 5.78 Å². The lowest BCUT2D eigenvalue weighted by molar-refractivity contribution is -0.883. The van der Waals surface area contributed by atoms with Gasteiger partial charge in [0.1, 0.15) is 0 Å². The molecule has 0 saturated heterocycles. The smallest absolute Gasteiger partial charge is 0.320 e. The Morgan fingerprint density at radius 3 is 1.58 bits per heavy atom. The molecule has 0 spiro atoms. The summed E-state index contributed by atoms with van der Waals surface area (Å²) in [6.45, 7) is 4.59. The highest BCUT2D eigenvalue weighted by Crippen LogP contribution is 2.51. The zero-order valence-electron chi connectivity index (χ0n) is 21.6. The average Bonchev–Trinajstić information content (AvgIpc) is 2.68. The number of hydrogen-bond donors (Lipinski definition) is 1. The lowest BCUT2D eigenvalue weighted by Crippen LogP contribution is -2.44. The summed E-state index contributed by atoms with van der Waals surface area (Å²) < 4.78 is 18.4. The molecule has 0 aromatic rings. The zero-order chi connectivity index (χ0) is 23.4. The molecule has 0 amide bonds. The summed E-state index contributed by atoms with van der Waals surface area (Å²) in [5.41, 5.74) is 0. The molecule has 0 aliphatic heterocycles. The van der Waals surface area contributed by atoms with Gasteiger partial charge in [-0.15, -0.1) is 0 Å². The van der Waals surface area contributed by atoms with Crippen LogP contribution >= 0.6 is 7.60 Å². The fourth-order valence-corrected chi connectivity index (χ4v) is 6.11. The van der Waals surface area contributed by atoms with Crippen LogP contribution in [0.5, 0.6) is 0 Å². The number of quaternary nitrogens is 1. The summed E-state index contributed by atoms with van der Waals surface area (Å²) >= 11 is 0. The molecule has 0 radical (unpaired) electrons. The van der Waals surface area contributed by atoms with Crippen LogP contribution in [0, 0.1) is 0 Å². The van der Waals surface area contributed by atoms with Crippen LogP contribution in [0.2, 0.25) is 0 Å². The van der Waals surface area contributed by atoms with Gasteiger partial charge in [0, 0.05) is 6.42 Å². The van der Waals surface area contributed by atoms with Gasteiger partial charge in [-0.3, -0.25) is 4.57 Å². The maximum absolute atomic E-state index is 12.5. The van der Waals surface area contributed by atoms with Gasteiger partial charge in [-0.2, -0.15) is 0 Å². The highest BCUT2D eigenvalue weighted by atomic mass is 31.2. The van der Waals surface area contributed by atoms with Gasteiger partial charge in [0.2, 0.25) is 0 Å². The molecule has 2 unspecified atom stereocenters. The quantitative estimate of drug-likeness (QED) is 0.0763. The van der Waals surface area contributed by atoms with E-state index >= 15 is 0 Å². The molecule has 2 atom stereocenters. The second kappa shape index (κ2) is 19.3. The van der Waals surface area contributed by atoms with Crippen molar-refractivity contribution in [2.75, 3.05) is 27.7 Å². The lowest BCUT2D eigenvalue weighted by atomic mass is 10.0. The van der Waals surface area contributed by atoms with Crippen molar-refractivity contribution in [1.82, 2.24) is 0 Å². The molecule has 0 aliphatic carbocycles. The van der Waals surface area contributed by atoms with E-state index in [0.29, 0.717) is 17.5 Å². The van der Waals surface area contributed by atoms with E-state index in [9.17, 15) is 9.46 Å². The van der Waals surface area contributed by atoms with Crippen molar-refractivity contribution < 1.29 is 18.5 Å². The fraction of sp³-hybridized carbons (Fsp3) is 0.923. The molecular weight excluding hydrogens is 405 g/mol. The van der Waals surface area contributed by atoms with E-state index in [2.05, 4.69) is 19.1 Å². The summed E-state index contributed by atoms with van der Waals surface area (Å²) in [6, 6.07) is 0. The minimum absolute atomic E-state index is 0.347. The number of unbranched alkanes of at least 4 members (excludes halogenated alkanes) is 14. The van der Waals surface area contributed by atoms with Crippen molar-refractivity contribution in [2.24, 2.45) is 0 Å². The molecule has 0 heterocycles. The van der Waals surface area contributed by atoms with Crippen LogP contribution in [0.4, 0.5) is 0 Å². The van der Waals surface area contributed by atoms with Gasteiger partial charge >= 0.3 is 7.60 Å². The van der Waals surface area contributed by atoms with Crippen LogP contribution in [-0.4, -0.2) is 42.9 Å². The molecule has 0 saturated carbocycles. The Bertz CT molecular complexity index is 474. The summed E-state index contributed by atoms with van der Waals surface area (Å²) in [4.78, 5) is 10.3. The van der Waals surface area contributed by atoms with Crippen LogP contribution in [-0.2, 0) is 9.09 Å². The Labute approximate surface area is 195 Å². The van der Waals surface area contributed by atoms with Crippen molar-refractivity contribution in [3.05, 3.63) is 12.2 Å². The second-order valence-electron chi connectivity index (χ2n) is 10.0. The fourth-order valence-electron chi connectivity index (χ4n) is 4.21. The van der Waals surface area contributed by atoms with E-state index in [4.69, 9.17) is 4.52 Å². The van der Waals surface area contributed by atoms with Gasteiger partial charge in [0.05, 0.1) is 27.7 Å². The Balaban J connectivity index is 3.43. The third-order valence-electron chi connectivity index (χ3n) is 6.05. The zero-order valence-corrected chi connectivity index (χ0v) is 22.5. The van der Waals surface area contributed by atoms with E-state index in [1.54, 1.807) is 0 Å². The molecule has 5 heteroatoms. The normalized spacial score (nSPS) is 15.4. The molecule has 0 aromatic carbocycles. The van der Waals surface area contributed by atoms with Crippen LogP contribution in [0.15, 0.2) is 12.2 Å². The second-order valence-corrected chi connectivity index (χ2v) is 12.0. The molecule has 186 valence electrons. The monoisotopic (exact) mass is 460 g/mol.